The lowest BCUT2D eigenvalue weighted by molar-refractivity contribution is 0.0254. The Morgan fingerprint density at radius 2 is 1.94 bits per heavy atom. The molecule has 1 aliphatic rings. The number of ether oxygens (including phenoxy) is 1. The van der Waals surface area contributed by atoms with E-state index < -0.39 is 5.60 Å². The van der Waals surface area contributed by atoms with Gasteiger partial charge in [-0.05, 0) is 52.0 Å². The van der Waals surface area contributed by atoms with Crippen LogP contribution in [-0.4, -0.2) is 36.2 Å². The van der Waals surface area contributed by atoms with Crippen molar-refractivity contribution in [3.05, 3.63) is 0 Å². The quantitative estimate of drug-likeness (QED) is 0.767. The van der Waals surface area contributed by atoms with Gasteiger partial charge in [0.25, 0.3) is 0 Å². The van der Waals surface area contributed by atoms with E-state index in [1.165, 1.54) is 0 Å². The third-order valence-corrected chi connectivity index (χ3v) is 3.38. The molecule has 0 saturated carbocycles. The van der Waals surface area contributed by atoms with Gasteiger partial charge in [0.15, 0.2) is 0 Å². The third-order valence-electron chi connectivity index (χ3n) is 3.38. The van der Waals surface area contributed by atoms with Gasteiger partial charge in [0, 0.05) is 13.1 Å². The van der Waals surface area contributed by atoms with Crippen molar-refractivity contribution in [3.8, 4) is 0 Å². The standard InChI is InChI=1S/C13H26N2O2/c1-10-5-7-15(8-6-11(10)9-14)12(16)17-13(2,3)4/h10-11H,5-9,14H2,1-4H3/t10-,11+/m0/s1. The summed E-state index contributed by atoms with van der Waals surface area (Å²) in [7, 11) is 0. The summed E-state index contributed by atoms with van der Waals surface area (Å²) in [5.74, 6) is 1.12. The van der Waals surface area contributed by atoms with E-state index in [1.54, 1.807) is 0 Å². The molecule has 4 nitrogen and oxygen atoms in total. The molecule has 1 saturated heterocycles. The number of nitrogens with two attached hydrogens (primary N) is 1. The van der Waals surface area contributed by atoms with E-state index in [9.17, 15) is 4.79 Å². The van der Waals surface area contributed by atoms with Gasteiger partial charge in [0.1, 0.15) is 5.60 Å². The minimum absolute atomic E-state index is 0.192. The Balaban J connectivity index is 2.53. The van der Waals surface area contributed by atoms with Crippen molar-refractivity contribution in [1.82, 2.24) is 4.90 Å². The van der Waals surface area contributed by atoms with Crippen LogP contribution in [0.3, 0.4) is 0 Å². The van der Waals surface area contributed by atoms with Crippen LogP contribution < -0.4 is 5.73 Å². The summed E-state index contributed by atoms with van der Waals surface area (Å²) in [5.41, 5.74) is 5.34. The second-order valence-corrected chi connectivity index (χ2v) is 6.02. The normalized spacial score (nSPS) is 26.5. The van der Waals surface area contributed by atoms with E-state index >= 15 is 0 Å². The molecule has 1 heterocycles. The summed E-state index contributed by atoms with van der Waals surface area (Å²) in [6.07, 6.45) is 1.81. The molecule has 0 spiro atoms. The maximum Gasteiger partial charge on any atom is 0.410 e. The summed E-state index contributed by atoms with van der Waals surface area (Å²) >= 11 is 0. The molecule has 0 aliphatic carbocycles. The largest absolute Gasteiger partial charge is 0.444 e. The molecule has 2 N–H and O–H groups in total. The van der Waals surface area contributed by atoms with E-state index in [0.717, 1.165) is 25.9 Å². The average Bonchev–Trinajstić information content (AvgIpc) is 2.37. The lowest BCUT2D eigenvalue weighted by Gasteiger charge is -2.26. The van der Waals surface area contributed by atoms with Crippen molar-refractivity contribution in [1.29, 1.82) is 0 Å². The van der Waals surface area contributed by atoms with Crippen molar-refractivity contribution in [2.45, 2.75) is 46.1 Å². The van der Waals surface area contributed by atoms with Gasteiger partial charge in [0.2, 0.25) is 0 Å². The zero-order valence-corrected chi connectivity index (χ0v) is 11.5. The van der Waals surface area contributed by atoms with Crippen LogP contribution in [0.1, 0.15) is 40.5 Å². The average molecular weight is 242 g/mol. The maximum absolute atomic E-state index is 11.9. The van der Waals surface area contributed by atoms with Crippen molar-refractivity contribution in [2.75, 3.05) is 19.6 Å². The molecular formula is C13H26N2O2. The number of hydrogen-bond donors (Lipinski definition) is 1. The monoisotopic (exact) mass is 242 g/mol. The minimum atomic E-state index is -0.414. The molecule has 0 unspecified atom stereocenters. The van der Waals surface area contributed by atoms with Crippen molar-refractivity contribution < 1.29 is 9.53 Å². The third kappa shape index (κ3) is 4.54. The highest BCUT2D eigenvalue weighted by Gasteiger charge is 2.27. The van der Waals surface area contributed by atoms with Crippen molar-refractivity contribution in [2.24, 2.45) is 17.6 Å². The molecule has 1 aliphatic heterocycles. The zero-order valence-electron chi connectivity index (χ0n) is 11.5. The number of carbonyl (C=O) groups excluding carboxylic acids is 1. The second kappa shape index (κ2) is 5.71. The van der Waals surface area contributed by atoms with Gasteiger partial charge in [-0.15, -0.1) is 0 Å². The van der Waals surface area contributed by atoms with Crippen LogP contribution in [0.25, 0.3) is 0 Å². The number of nitrogens with zero attached hydrogens (tertiary/aromatic N) is 1. The summed E-state index contributed by atoms with van der Waals surface area (Å²) in [6, 6.07) is 0. The Bertz CT molecular complexity index is 261. The lowest BCUT2D eigenvalue weighted by Crippen LogP contribution is -2.37. The molecule has 1 fully saturated rings. The fourth-order valence-electron chi connectivity index (χ4n) is 2.17. The van der Waals surface area contributed by atoms with Gasteiger partial charge < -0.3 is 15.4 Å². The summed E-state index contributed by atoms with van der Waals surface area (Å²) < 4.78 is 5.39. The van der Waals surface area contributed by atoms with Gasteiger partial charge in [-0.1, -0.05) is 6.92 Å². The van der Waals surface area contributed by atoms with E-state index in [2.05, 4.69) is 6.92 Å². The number of likely N-dealkylation sites (tertiary alicyclic amines) is 1. The van der Waals surface area contributed by atoms with Gasteiger partial charge in [-0.25, -0.2) is 4.79 Å². The highest BCUT2D eigenvalue weighted by Crippen LogP contribution is 2.23. The van der Waals surface area contributed by atoms with Crippen LogP contribution in [0.15, 0.2) is 0 Å². The Morgan fingerprint density at radius 1 is 1.35 bits per heavy atom. The Kier molecular flexibility index (Phi) is 4.80. The fourth-order valence-corrected chi connectivity index (χ4v) is 2.17. The summed E-state index contributed by atoms with van der Waals surface area (Å²) in [4.78, 5) is 13.8. The SMILES string of the molecule is C[C@H]1CCN(C(=O)OC(C)(C)C)CC[C@@H]1CN. The molecule has 100 valence electrons. The Hall–Kier alpha value is -0.770. The smallest absolute Gasteiger partial charge is 0.410 e. The van der Waals surface area contributed by atoms with E-state index in [1.807, 2.05) is 25.7 Å². The fraction of sp³-hybridized carbons (Fsp3) is 0.923. The Labute approximate surface area is 104 Å². The molecule has 1 rings (SSSR count). The second-order valence-electron chi connectivity index (χ2n) is 6.02. The first-order chi connectivity index (χ1) is 7.83. The van der Waals surface area contributed by atoms with Crippen LogP contribution in [0, 0.1) is 11.8 Å². The molecule has 4 heteroatoms. The van der Waals surface area contributed by atoms with Crippen LogP contribution >= 0.6 is 0 Å². The zero-order chi connectivity index (χ0) is 13.1. The minimum Gasteiger partial charge on any atom is -0.444 e. The molecule has 1 amide bonds. The molecule has 0 bridgehead atoms. The first-order valence-corrected chi connectivity index (χ1v) is 6.51. The van der Waals surface area contributed by atoms with E-state index in [-0.39, 0.29) is 6.09 Å². The molecule has 0 aromatic rings. The first kappa shape index (κ1) is 14.3. The number of amides is 1. The van der Waals surface area contributed by atoms with Crippen LogP contribution in [-0.2, 0) is 4.74 Å². The number of rotatable bonds is 1. The van der Waals surface area contributed by atoms with Crippen LogP contribution in [0.2, 0.25) is 0 Å². The number of hydrogen-bond acceptors (Lipinski definition) is 3. The predicted molar refractivity (Wildman–Crippen MR) is 68.7 cm³/mol. The molecule has 17 heavy (non-hydrogen) atoms. The van der Waals surface area contributed by atoms with Gasteiger partial charge >= 0.3 is 6.09 Å². The number of carbonyl (C=O) groups is 1. The van der Waals surface area contributed by atoms with Crippen molar-refractivity contribution in [3.63, 3.8) is 0 Å². The Morgan fingerprint density at radius 3 is 2.47 bits per heavy atom. The van der Waals surface area contributed by atoms with Gasteiger partial charge in [-0.2, -0.15) is 0 Å². The van der Waals surface area contributed by atoms with E-state index in [4.69, 9.17) is 10.5 Å². The molecular weight excluding hydrogens is 216 g/mol. The first-order valence-electron chi connectivity index (χ1n) is 6.51. The van der Waals surface area contributed by atoms with Gasteiger partial charge in [-0.3, -0.25) is 0 Å². The molecule has 0 aromatic heterocycles. The van der Waals surface area contributed by atoms with E-state index in [0.29, 0.717) is 18.4 Å². The predicted octanol–water partition coefficient (Wildman–Crippen LogP) is 2.23. The maximum atomic E-state index is 11.9. The summed E-state index contributed by atoms with van der Waals surface area (Å²) in [5, 5.41) is 0. The molecule has 0 aromatic carbocycles. The van der Waals surface area contributed by atoms with Crippen LogP contribution in [0.4, 0.5) is 4.79 Å². The highest BCUT2D eigenvalue weighted by molar-refractivity contribution is 5.68. The molecule has 2 atom stereocenters. The molecule has 0 radical (unpaired) electrons. The van der Waals surface area contributed by atoms with Crippen LogP contribution in [0.5, 0.6) is 0 Å². The van der Waals surface area contributed by atoms with Gasteiger partial charge in [0.05, 0.1) is 0 Å². The lowest BCUT2D eigenvalue weighted by atomic mass is 9.90. The topological polar surface area (TPSA) is 55.6 Å². The van der Waals surface area contributed by atoms with Crippen molar-refractivity contribution >= 4 is 6.09 Å². The highest BCUT2D eigenvalue weighted by atomic mass is 16.6. The summed E-state index contributed by atoms with van der Waals surface area (Å²) in [6.45, 7) is 10.2.